The summed E-state index contributed by atoms with van der Waals surface area (Å²) in [6.07, 6.45) is 4.26. The fraction of sp³-hybridized carbons (Fsp3) is 0.354. The molecule has 3 amide bonds. The van der Waals surface area contributed by atoms with Crippen molar-refractivity contribution in [1.29, 1.82) is 0 Å². The number of likely N-dealkylation sites (tertiary alicyclic amines) is 1. The Labute approximate surface area is 351 Å². The number of methoxy groups -OCH3 is 1. The summed E-state index contributed by atoms with van der Waals surface area (Å²) in [6, 6.07) is 30.5. The molecule has 7 rings (SSSR count). The second kappa shape index (κ2) is 17.8. The fourth-order valence-electron chi connectivity index (χ4n) is 7.87. The molecule has 0 radical (unpaired) electrons. The van der Waals surface area contributed by atoms with Crippen LogP contribution in [0.5, 0.6) is 0 Å². The maximum atomic E-state index is 13.5. The van der Waals surface area contributed by atoms with Crippen LogP contribution in [-0.2, 0) is 20.8 Å². The monoisotopic (exact) mass is 809 g/mol. The third-order valence-electron chi connectivity index (χ3n) is 10.9. The zero-order valence-electron chi connectivity index (χ0n) is 35.5. The summed E-state index contributed by atoms with van der Waals surface area (Å²) in [5.74, 6) is 1.30. The van der Waals surface area contributed by atoms with Gasteiger partial charge in [-0.05, 0) is 84.7 Å². The largest absolute Gasteiger partial charge is 0.453 e. The van der Waals surface area contributed by atoms with Crippen LogP contribution in [0.15, 0.2) is 103 Å². The number of imidazole rings is 2. The van der Waals surface area contributed by atoms with Crippen LogP contribution >= 0.6 is 0 Å². The minimum atomic E-state index is -0.706. The van der Waals surface area contributed by atoms with Gasteiger partial charge < -0.3 is 29.7 Å². The van der Waals surface area contributed by atoms with Gasteiger partial charge >= 0.3 is 12.2 Å². The third kappa shape index (κ3) is 9.54. The maximum Gasteiger partial charge on any atom is 0.410 e. The molecular weight excluding hydrogens is 755 g/mol. The average Bonchev–Trinajstić information content (AvgIpc) is 4.03. The Balaban J connectivity index is 1.04. The number of benzene rings is 4. The Morgan fingerprint density at radius 2 is 1.58 bits per heavy atom. The molecular formula is C48H55N7O5. The summed E-state index contributed by atoms with van der Waals surface area (Å²) in [7, 11) is 1.29. The highest BCUT2D eigenvalue weighted by Crippen LogP contribution is 2.41. The summed E-state index contributed by atoms with van der Waals surface area (Å²) < 4.78 is 10.6. The SMILES string of the molecule is CCCN(Cc1nc(-c2ccc3cc(-c4ccc(-c5cnc([C@@H]6C[C@@H](c7ccccc7)CN6C(=O)OC(C)(C)C)[nH]5)cc4)ccc3c2)c[nH]1)C(=O)[C@@H](NC(=O)OC)C(C)C. The highest BCUT2D eigenvalue weighted by Gasteiger charge is 2.40. The first-order valence-electron chi connectivity index (χ1n) is 20.7. The highest BCUT2D eigenvalue weighted by molar-refractivity contribution is 5.91. The Morgan fingerprint density at radius 3 is 2.25 bits per heavy atom. The zero-order chi connectivity index (χ0) is 42.6. The molecule has 0 unspecified atom stereocenters. The Bertz CT molecular complexity index is 2430. The smallest absolute Gasteiger partial charge is 0.410 e. The van der Waals surface area contributed by atoms with Gasteiger partial charge in [0, 0.05) is 30.8 Å². The molecule has 1 saturated heterocycles. The van der Waals surface area contributed by atoms with Crippen molar-refractivity contribution < 1.29 is 23.9 Å². The van der Waals surface area contributed by atoms with E-state index in [-0.39, 0.29) is 29.9 Å². The summed E-state index contributed by atoms with van der Waals surface area (Å²) in [5.41, 5.74) is 6.42. The van der Waals surface area contributed by atoms with Crippen molar-refractivity contribution in [3.05, 3.63) is 121 Å². The Kier molecular flexibility index (Phi) is 12.4. The molecule has 1 aliphatic heterocycles. The molecule has 1 fully saturated rings. The predicted molar refractivity (Wildman–Crippen MR) is 234 cm³/mol. The lowest BCUT2D eigenvalue weighted by atomic mass is 9.96. The molecule has 0 saturated carbocycles. The molecule has 6 aromatic rings. The molecule has 60 heavy (non-hydrogen) atoms. The van der Waals surface area contributed by atoms with E-state index in [0.717, 1.165) is 63.1 Å². The van der Waals surface area contributed by atoms with E-state index in [4.69, 9.17) is 19.4 Å². The zero-order valence-corrected chi connectivity index (χ0v) is 35.5. The number of carbonyl (C=O) groups excluding carboxylic acids is 3. The van der Waals surface area contributed by atoms with Crippen molar-refractivity contribution in [2.75, 3.05) is 20.2 Å². The molecule has 2 aromatic heterocycles. The summed E-state index contributed by atoms with van der Waals surface area (Å²) in [5, 5.41) is 4.87. The van der Waals surface area contributed by atoms with Crippen LogP contribution in [0.3, 0.4) is 0 Å². The number of amides is 3. The fourth-order valence-corrected chi connectivity index (χ4v) is 7.87. The number of carbonyl (C=O) groups is 3. The van der Waals surface area contributed by atoms with Gasteiger partial charge in [-0.3, -0.25) is 9.69 Å². The number of aromatic amines is 2. The van der Waals surface area contributed by atoms with E-state index in [1.54, 1.807) is 4.90 Å². The van der Waals surface area contributed by atoms with Gasteiger partial charge in [0.1, 0.15) is 23.3 Å². The van der Waals surface area contributed by atoms with E-state index < -0.39 is 17.7 Å². The second-order valence-electron chi connectivity index (χ2n) is 16.9. The molecule has 3 heterocycles. The van der Waals surface area contributed by atoms with E-state index >= 15 is 0 Å². The lowest BCUT2D eigenvalue weighted by molar-refractivity contribution is -0.135. The maximum absolute atomic E-state index is 13.5. The molecule has 12 nitrogen and oxygen atoms in total. The van der Waals surface area contributed by atoms with E-state index in [9.17, 15) is 14.4 Å². The van der Waals surface area contributed by atoms with E-state index in [2.05, 4.69) is 88.1 Å². The van der Waals surface area contributed by atoms with Crippen molar-refractivity contribution in [2.45, 2.75) is 84.5 Å². The van der Waals surface area contributed by atoms with Gasteiger partial charge in [-0.15, -0.1) is 0 Å². The van der Waals surface area contributed by atoms with E-state index in [1.165, 1.54) is 12.7 Å². The van der Waals surface area contributed by atoms with Crippen LogP contribution in [0.25, 0.3) is 44.4 Å². The number of nitrogens with zero attached hydrogens (tertiary/aromatic N) is 4. The molecule has 12 heteroatoms. The van der Waals surface area contributed by atoms with Gasteiger partial charge in [-0.2, -0.15) is 0 Å². The minimum absolute atomic E-state index is 0.117. The van der Waals surface area contributed by atoms with Gasteiger partial charge in [-0.1, -0.05) is 99.6 Å². The minimum Gasteiger partial charge on any atom is -0.453 e. The number of fused-ring (bicyclic) bond motifs is 1. The van der Waals surface area contributed by atoms with Gasteiger partial charge in [0.15, 0.2) is 0 Å². The van der Waals surface area contributed by atoms with Gasteiger partial charge in [0.25, 0.3) is 0 Å². The van der Waals surface area contributed by atoms with Crippen molar-refractivity contribution in [3.63, 3.8) is 0 Å². The van der Waals surface area contributed by atoms with E-state index in [1.807, 2.05) is 77.0 Å². The number of alkyl carbamates (subject to hydrolysis) is 1. The number of rotatable bonds is 12. The molecule has 0 aliphatic carbocycles. The van der Waals surface area contributed by atoms with Crippen LogP contribution < -0.4 is 5.32 Å². The second-order valence-corrected chi connectivity index (χ2v) is 16.9. The number of hydrogen-bond donors (Lipinski definition) is 3. The van der Waals surface area contributed by atoms with E-state index in [0.29, 0.717) is 25.5 Å². The summed E-state index contributed by atoms with van der Waals surface area (Å²) >= 11 is 0. The first-order valence-corrected chi connectivity index (χ1v) is 20.7. The first kappa shape index (κ1) is 41.7. The normalized spacial score (nSPS) is 15.9. The lowest BCUT2D eigenvalue weighted by Crippen LogP contribution is -2.51. The standard InChI is InChI=1S/C48H55N7O5/c1-8-22-54(45(56)43(30(2)3)53-46(57)59-7)29-42-49-26-40(51-42)37-21-20-35-23-34(18-19-36(35)24-37)32-14-16-33(17-15-32)39-27-50-44(52-39)41-25-38(31-12-10-9-11-13-31)28-55(41)47(58)60-48(4,5)6/h9-21,23-24,26-27,30,38,41,43H,8,22,25,28-29H2,1-7H3,(H,49,51)(H,50,52)(H,53,57)/t38-,41+,43+/m1/s1. The molecule has 0 bridgehead atoms. The van der Waals surface area contributed by atoms with Crippen LogP contribution in [0.2, 0.25) is 0 Å². The molecule has 3 atom stereocenters. The summed E-state index contributed by atoms with van der Waals surface area (Å²) in [4.78, 5) is 58.8. The third-order valence-corrected chi connectivity index (χ3v) is 10.9. The lowest BCUT2D eigenvalue weighted by Gasteiger charge is -2.28. The Morgan fingerprint density at radius 1 is 0.917 bits per heavy atom. The quantitative estimate of drug-likeness (QED) is 0.112. The average molecular weight is 810 g/mol. The van der Waals surface area contributed by atoms with Crippen LogP contribution in [0.4, 0.5) is 9.59 Å². The van der Waals surface area contributed by atoms with Crippen LogP contribution in [0, 0.1) is 5.92 Å². The van der Waals surface area contributed by atoms with Crippen LogP contribution in [0.1, 0.15) is 83.6 Å². The molecule has 3 N–H and O–H groups in total. The number of nitrogens with one attached hydrogen (secondary N) is 3. The van der Waals surface area contributed by atoms with Gasteiger partial charge in [-0.25, -0.2) is 19.6 Å². The number of ether oxygens (including phenoxy) is 2. The number of aromatic nitrogens is 4. The Hall–Kier alpha value is -6.43. The molecule has 312 valence electrons. The summed E-state index contributed by atoms with van der Waals surface area (Å²) in [6.45, 7) is 12.8. The van der Waals surface area contributed by atoms with Crippen molar-refractivity contribution >= 4 is 28.9 Å². The first-order chi connectivity index (χ1) is 28.8. The molecule has 1 aliphatic rings. The van der Waals surface area contributed by atoms with Crippen LogP contribution in [-0.4, -0.2) is 79.7 Å². The van der Waals surface area contributed by atoms with Crippen molar-refractivity contribution in [1.82, 2.24) is 35.1 Å². The molecule has 0 spiro atoms. The highest BCUT2D eigenvalue weighted by atomic mass is 16.6. The molecule has 4 aromatic carbocycles. The topological polar surface area (TPSA) is 146 Å². The predicted octanol–water partition coefficient (Wildman–Crippen LogP) is 9.87. The van der Waals surface area contributed by atoms with Gasteiger partial charge in [0.2, 0.25) is 5.91 Å². The number of H-pyrrole nitrogens is 2. The van der Waals surface area contributed by atoms with Crippen molar-refractivity contribution in [2.24, 2.45) is 5.92 Å². The van der Waals surface area contributed by atoms with Gasteiger partial charge in [0.05, 0.1) is 37.3 Å². The number of hydrogen-bond acceptors (Lipinski definition) is 7. The van der Waals surface area contributed by atoms with Crippen molar-refractivity contribution in [3.8, 4) is 33.6 Å².